The largest absolute Gasteiger partial charge is 0.368 e. The number of nitrogens with two attached hydrogens (primary N) is 2. The first-order valence-corrected chi connectivity index (χ1v) is 6.93. The van der Waals surface area contributed by atoms with Gasteiger partial charge in [0.1, 0.15) is 5.54 Å². The van der Waals surface area contributed by atoms with Crippen LogP contribution in [0.15, 0.2) is 29.2 Å². The fourth-order valence-corrected chi connectivity index (χ4v) is 2.29. The number of carbonyl (C=O) groups excluding carboxylic acids is 1. The lowest BCUT2D eigenvalue weighted by Crippen LogP contribution is -2.51. The van der Waals surface area contributed by atoms with Crippen molar-refractivity contribution in [3.05, 3.63) is 29.8 Å². The highest BCUT2D eigenvalue weighted by Gasteiger charge is 2.25. The lowest BCUT2D eigenvalue weighted by molar-refractivity contribution is -0.121. The van der Waals surface area contributed by atoms with E-state index in [1.807, 2.05) is 0 Å². The zero-order valence-electron chi connectivity index (χ0n) is 11.5. The second-order valence-electron chi connectivity index (χ2n) is 5.84. The molecule has 3 nitrogen and oxygen atoms in total. The zero-order chi connectivity index (χ0) is 14.0. The summed E-state index contributed by atoms with van der Waals surface area (Å²) in [4.78, 5) is 12.2. The van der Waals surface area contributed by atoms with Gasteiger partial charge in [-0.1, -0.05) is 32.9 Å². The van der Waals surface area contributed by atoms with Gasteiger partial charge in [0, 0.05) is 10.6 Å². The molecule has 0 spiro atoms. The van der Waals surface area contributed by atoms with Gasteiger partial charge in [-0.3, -0.25) is 4.79 Å². The van der Waals surface area contributed by atoms with Gasteiger partial charge in [-0.15, -0.1) is 11.8 Å². The first-order chi connectivity index (χ1) is 8.13. The molecule has 1 unspecified atom stereocenters. The summed E-state index contributed by atoms with van der Waals surface area (Å²) in [5, 5.41) is 0. The topological polar surface area (TPSA) is 69.1 Å². The molecule has 1 aromatic carbocycles. The number of thioether (sulfide) groups is 1. The van der Waals surface area contributed by atoms with Crippen LogP contribution in [0, 0.1) is 0 Å². The van der Waals surface area contributed by atoms with Gasteiger partial charge < -0.3 is 11.5 Å². The SMILES string of the molecule is CC(N)(CSc1ccc(C(C)(C)C)cc1)C(N)=O. The maximum Gasteiger partial charge on any atom is 0.238 e. The molecule has 0 aliphatic rings. The molecule has 0 radical (unpaired) electrons. The van der Waals surface area contributed by atoms with Gasteiger partial charge in [-0.25, -0.2) is 0 Å². The Bertz CT molecular complexity index is 418. The second kappa shape index (κ2) is 5.33. The van der Waals surface area contributed by atoms with E-state index < -0.39 is 11.4 Å². The zero-order valence-corrected chi connectivity index (χ0v) is 12.3. The van der Waals surface area contributed by atoms with Gasteiger partial charge in [0.2, 0.25) is 5.91 Å². The molecule has 18 heavy (non-hydrogen) atoms. The van der Waals surface area contributed by atoms with Gasteiger partial charge in [-0.2, -0.15) is 0 Å². The standard InChI is InChI=1S/C14H22N2OS/c1-13(2,3)10-5-7-11(8-6-10)18-9-14(4,16)12(15)17/h5-8H,9,16H2,1-4H3,(H2,15,17). The number of carbonyl (C=O) groups is 1. The van der Waals surface area contributed by atoms with Crippen molar-refractivity contribution in [3.8, 4) is 0 Å². The fourth-order valence-electron chi connectivity index (χ4n) is 1.36. The molecule has 1 atom stereocenters. The molecule has 1 rings (SSSR count). The highest BCUT2D eigenvalue weighted by Crippen LogP contribution is 2.26. The number of amides is 1. The number of benzene rings is 1. The van der Waals surface area contributed by atoms with Crippen LogP contribution < -0.4 is 11.5 Å². The summed E-state index contributed by atoms with van der Waals surface area (Å²) in [5.74, 6) is 0.0123. The molecule has 100 valence electrons. The third-order valence-corrected chi connectivity index (χ3v) is 4.17. The molecule has 0 aromatic heterocycles. The molecule has 0 saturated carbocycles. The van der Waals surface area contributed by atoms with Crippen molar-refractivity contribution in [2.24, 2.45) is 11.5 Å². The van der Waals surface area contributed by atoms with Crippen molar-refractivity contribution in [1.29, 1.82) is 0 Å². The Morgan fingerprint density at radius 3 is 2.06 bits per heavy atom. The van der Waals surface area contributed by atoms with Crippen molar-refractivity contribution in [3.63, 3.8) is 0 Å². The minimum Gasteiger partial charge on any atom is -0.368 e. The normalized spacial score (nSPS) is 15.2. The average molecular weight is 266 g/mol. The Labute approximate surface area is 113 Å². The molecule has 4 heteroatoms. The van der Waals surface area contributed by atoms with Crippen LogP contribution in [0.4, 0.5) is 0 Å². The lowest BCUT2D eigenvalue weighted by atomic mass is 9.87. The van der Waals surface area contributed by atoms with E-state index in [0.717, 1.165) is 4.90 Å². The molecule has 0 aliphatic carbocycles. The quantitative estimate of drug-likeness (QED) is 0.821. The van der Waals surface area contributed by atoms with Crippen molar-refractivity contribution in [2.75, 3.05) is 5.75 Å². The number of primary amides is 1. The smallest absolute Gasteiger partial charge is 0.238 e. The summed E-state index contributed by atoms with van der Waals surface area (Å²) < 4.78 is 0. The van der Waals surface area contributed by atoms with E-state index >= 15 is 0 Å². The minimum absolute atomic E-state index is 0.152. The number of hydrogen-bond donors (Lipinski definition) is 2. The van der Waals surface area contributed by atoms with Crippen molar-refractivity contribution < 1.29 is 4.79 Å². The van der Waals surface area contributed by atoms with Crippen LogP contribution in [0.25, 0.3) is 0 Å². The van der Waals surface area contributed by atoms with E-state index in [2.05, 4.69) is 45.0 Å². The summed E-state index contributed by atoms with van der Waals surface area (Å²) in [6.07, 6.45) is 0. The van der Waals surface area contributed by atoms with Gasteiger partial charge in [-0.05, 0) is 30.0 Å². The fraction of sp³-hybridized carbons (Fsp3) is 0.500. The van der Waals surface area contributed by atoms with Crippen LogP contribution in [0.5, 0.6) is 0 Å². The third-order valence-electron chi connectivity index (χ3n) is 2.82. The van der Waals surface area contributed by atoms with Crippen LogP contribution in [-0.2, 0) is 10.2 Å². The van der Waals surface area contributed by atoms with Crippen LogP contribution in [0.1, 0.15) is 33.3 Å². The van der Waals surface area contributed by atoms with E-state index in [1.165, 1.54) is 5.56 Å². The minimum atomic E-state index is -0.965. The highest BCUT2D eigenvalue weighted by atomic mass is 32.2. The van der Waals surface area contributed by atoms with E-state index in [1.54, 1.807) is 18.7 Å². The Hall–Kier alpha value is -1.00. The molecule has 1 amide bonds. The summed E-state index contributed by atoms with van der Waals surface area (Å²) in [6, 6.07) is 8.34. The summed E-state index contributed by atoms with van der Waals surface area (Å²) in [5.41, 5.74) is 11.5. The summed E-state index contributed by atoms with van der Waals surface area (Å²) in [6.45, 7) is 8.20. The van der Waals surface area contributed by atoms with E-state index in [9.17, 15) is 4.79 Å². The first kappa shape index (κ1) is 15.1. The Kier molecular flexibility index (Phi) is 4.46. The molecule has 4 N–H and O–H groups in total. The maximum atomic E-state index is 11.1. The number of rotatable bonds is 4. The molecule has 0 bridgehead atoms. The third kappa shape index (κ3) is 4.03. The molecule has 0 fully saturated rings. The molecule has 0 saturated heterocycles. The Morgan fingerprint density at radius 2 is 1.67 bits per heavy atom. The van der Waals surface area contributed by atoms with Crippen LogP contribution in [0.2, 0.25) is 0 Å². The monoisotopic (exact) mass is 266 g/mol. The van der Waals surface area contributed by atoms with Crippen LogP contribution >= 0.6 is 11.8 Å². The summed E-state index contributed by atoms with van der Waals surface area (Å²) >= 11 is 1.55. The van der Waals surface area contributed by atoms with Crippen molar-refractivity contribution in [1.82, 2.24) is 0 Å². The van der Waals surface area contributed by atoms with E-state index in [4.69, 9.17) is 11.5 Å². The first-order valence-electron chi connectivity index (χ1n) is 5.95. The Morgan fingerprint density at radius 1 is 1.17 bits per heavy atom. The van der Waals surface area contributed by atoms with Gasteiger partial charge in [0.15, 0.2) is 0 Å². The lowest BCUT2D eigenvalue weighted by Gasteiger charge is -2.21. The van der Waals surface area contributed by atoms with Gasteiger partial charge in [0.05, 0.1) is 0 Å². The average Bonchev–Trinajstić information content (AvgIpc) is 2.25. The van der Waals surface area contributed by atoms with Crippen LogP contribution in [-0.4, -0.2) is 17.2 Å². The predicted octanol–water partition coefficient (Wildman–Crippen LogP) is 2.28. The van der Waals surface area contributed by atoms with Gasteiger partial charge in [0.25, 0.3) is 0 Å². The summed E-state index contributed by atoms with van der Waals surface area (Å²) in [7, 11) is 0. The molecule has 0 heterocycles. The molecular weight excluding hydrogens is 244 g/mol. The van der Waals surface area contributed by atoms with Crippen LogP contribution in [0.3, 0.4) is 0 Å². The Balaban J connectivity index is 2.68. The van der Waals surface area contributed by atoms with Crippen molar-refractivity contribution in [2.45, 2.75) is 43.5 Å². The molecule has 0 aliphatic heterocycles. The van der Waals surface area contributed by atoms with Gasteiger partial charge >= 0.3 is 0 Å². The van der Waals surface area contributed by atoms with Crippen molar-refractivity contribution >= 4 is 17.7 Å². The maximum absolute atomic E-state index is 11.1. The number of hydrogen-bond acceptors (Lipinski definition) is 3. The molecular formula is C14H22N2OS. The van der Waals surface area contributed by atoms with E-state index in [0.29, 0.717) is 5.75 Å². The predicted molar refractivity (Wildman–Crippen MR) is 77.7 cm³/mol. The van der Waals surface area contributed by atoms with E-state index in [-0.39, 0.29) is 5.41 Å². The second-order valence-corrected chi connectivity index (χ2v) is 6.89. The highest BCUT2D eigenvalue weighted by molar-refractivity contribution is 7.99. The molecule has 1 aromatic rings.